The third-order valence-electron chi connectivity index (χ3n) is 10.7. The van der Waals surface area contributed by atoms with Crippen molar-refractivity contribution in [3.63, 3.8) is 0 Å². The lowest BCUT2D eigenvalue weighted by atomic mass is 9.79. The van der Waals surface area contributed by atoms with Gasteiger partial charge in [0.2, 0.25) is 11.8 Å². The molecule has 5 fully saturated rings. The van der Waals surface area contributed by atoms with Crippen molar-refractivity contribution in [3.8, 4) is 11.5 Å². The topological polar surface area (TPSA) is 71.1 Å². The molecule has 1 aromatic rings. The number of amides is 2. The molecule has 0 unspecified atom stereocenters. The summed E-state index contributed by atoms with van der Waals surface area (Å²) in [5.41, 5.74) is -0.657. The van der Waals surface area contributed by atoms with Gasteiger partial charge in [-0.3, -0.25) is 14.5 Å². The van der Waals surface area contributed by atoms with Gasteiger partial charge in [-0.2, -0.15) is 0 Å². The highest BCUT2D eigenvalue weighted by molar-refractivity contribution is 6.09. The van der Waals surface area contributed by atoms with Crippen LogP contribution in [0.15, 0.2) is 24.5 Å². The van der Waals surface area contributed by atoms with E-state index >= 15 is 0 Å². The summed E-state index contributed by atoms with van der Waals surface area (Å²) in [4.78, 5) is 32.5. The molecule has 35 heavy (non-hydrogen) atoms. The number of likely N-dealkylation sites (N-methyl/N-ethyl adjacent to an activating group) is 1. The number of fused-ring (bicyclic) bond motifs is 5. The minimum Gasteiger partial charge on any atom is -0.480 e. The van der Waals surface area contributed by atoms with Crippen molar-refractivity contribution in [1.29, 1.82) is 0 Å². The number of anilines is 1. The molecular formula is C28H35N3O4. The summed E-state index contributed by atoms with van der Waals surface area (Å²) in [6.45, 7) is 10.3. The highest BCUT2D eigenvalue weighted by atomic mass is 16.6. The third kappa shape index (κ3) is 2.28. The van der Waals surface area contributed by atoms with Gasteiger partial charge in [0.05, 0.1) is 22.9 Å². The number of carbonyl (C=O) groups excluding carboxylic acids is 2. The highest BCUT2D eigenvalue weighted by Crippen LogP contribution is 2.72. The molecule has 6 heterocycles. The van der Waals surface area contributed by atoms with Crippen LogP contribution in [-0.2, 0) is 15.0 Å². The number of ether oxygens (including phenoxy) is 2. The van der Waals surface area contributed by atoms with Crippen molar-refractivity contribution in [2.24, 2.45) is 11.3 Å². The second-order valence-electron chi connectivity index (χ2n) is 12.8. The fourth-order valence-corrected chi connectivity index (χ4v) is 8.90. The first-order chi connectivity index (χ1) is 16.5. The molecule has 8 rings (SSSR count). The first-order valence-electron chi connectivity index (χ1n) is 13.0. The van der Waals surface area contributed by atoms with Crippen molar-refractivity contribution in [2.75, 3.05) is 25.5 Å². The second-order valence-corrected chi connectivity index (χ2v) is 12.8. The van der Waals surface area contributed by atoms with E-state index < -0.39 is 16.6 Å². The number of hydrogen-bond donors (Lipinski definition) is 1. The molecule has 6 aliphatic heterocycles. The van der Waals surface area contributed by atoms with E-state index in [0.29, 0.717) is 17.9 Å². The van der Waals surface area contributed by atoms with Gasteiger partial charge >= 0.3 is 0 Å². The summed E-state index contributed by atoms with van der Waals surface area (Å²) in [5, 5.41) is 3.23. The summed E-state index contributed by atoms with van der Waals surface area (Å²) < 4.78 is 12.3. The third-order valence-corrected chi connectivity index (χ3v) is 10.7. The Bertz CT molecular complexity index is 1220. The van der Waals surface area contributed by atoms with Gasteiger partial charge in [-0.15, -0.1) is 0 Å². The molecule has 1 N–H and O–H groups in total. The van der Waals surface area contributed by atoms with Crippen LogP contribution < -0.4 is 14.8 Å². The Morgan fingerprint density at radius 3 is 2.71 bits per heavy atom. The monoisotopic (exact) mass is 493 g/mol. The number of rotatable bonds is 0. The zero-order valence-corrected chi connectivity index (χ0v) is 21.4. The van der Waals surface area contributed by atoms with E-state index in [1.54, 1.807) is 6.26 Å². The fraction of sp³-hybridized carbons (Fsp3) is 0.643. The number of nitrogens with one attached hydrogen (secondary N) is 1. The molecule has 0 aromatic heterocycles. The maximum atomic E-state index is 14.1. The average molecular weight is 493 g/mol. The Morgan fingerprint density at radius 1 is 1.11 bits per heavy atom. The molecule has 4 saturated heterocycles. The van der Waals surface area contributed by atoms with Crippen molar-refractivity contribution in [3.05, 3.63) is 30.0 Å². The van der Waals surface area contributed by atoms with Gasteiger partial charge < -0.3 is 19.7 Å². The van der Waals surface area contributed by atoms with E-state index in [9.17, 15) is 9.59 Å². The number of carbonyl (C=O) groups is 2. The molecule has 1 aromatic carbocycles. The van der Waals surface area contributed by atoms with Gasteiger partial charge in [0.15, 0.2) is 11.5 Å². The van der Waals surface area contributed by atoms with Crippen molar-refractivity contribution in [2.45, 2.75) is 81.9 Å². The standard InChI is InChI=1S/C28H35N3O4/c1-24(2)11-13-34-21-18(35-24)9-8-17-20(21)29-22(32)28(17)15-27-16-31-12-7-6-10-26(31,23(33)30(27)5)14-19(27)25(28,3)4/h8-9,11,13,19H,6-7,10,12,14-16H2,1-5H3,(H,29,32)/t19-,26-,27+,28-/m0/s1/i1+1,2+1,3+1,4+1,6+1,7+1,10+1,11+1,12+1,13+1,14+1,19+1,23+1,24+1,25+1,26+1. The minimum atomic E-state index is -0.744. The van der Waals surface area contributed by atoms with E-state index in [0.717, 1.165) is 50.0 Å². The maximum absolute atomic E-state index is 14.1. The molecule has 0 radical (unpaired) electrons. The maximum Gasteiger partial charge on any atom is 0.243 e. The van der Waals surface area contributed by atoms with Crippen molar-refractivity contribution in [1.82, 2.24) is 9.80 Å². The number of nitrogens with zero attached hydrogens (tertiary/aromatic N) is 2. The van der Waals surface area contributed by atoms with Crippen LogP contribution in [0.25, 0.3) is 0 Å². The quantitative estimate of drug-likeness (QED) is 0.557. The summed E-state index contributed by atoms with van der Waals surface area (Å²) in [6, 6.07) is 4.02. The van der Waals surface area contributed by atoms with Crippen LogP contribution in [0.4, 0.5) is 5.69 Å². The van der Waals surface area contributed by atoms with Gasteiger partial charge in [0.1, 0.15) is 11.1 Å². The Balaban J connectivity index is 1.41. The van der Waals surface area contributed by atoms with E-state index in [2.05, 4.69) is 35.0 Å². The van der Waals surface area contributed by atoms with E-state index in [1.807, 2.05) is 33.0 Å². The van der Waals surface area contributed by atoms with Gasteiger partial charge in [-0.05, 0) is 81.5 Å². The molecule has 7 aliphatic rings. The predicted octanol–water partition coefficient (Wildman–Crippen LogP) is 3.83. The van der Waals surface area contributed by atoms with E-state index in [1.165, 1.54) is 0 Å². The summed E-state index contributed by atoms with van der Waals surface area (Å²) >= 11 is 0. The summed E-state index contributed by atoms with van der Waals surface area (Å²) in [5.74, 6) is 1.72. The number of hydrogen-bond acceptors (Lipinski definition) is 5. The normalized spacial score (nSPS) is 39.8. The van der Waals surface area contributed by atoms with Crippen LogP contribution in [0.5, 0.6) is 11.5 Å². The van der Waals surface area contributed by atoms with Crippen molar-refractivity contribution >= 4 is 17.5 Å². The summed E-state index contributed by atoms with van der Waals surface area (Å²) in [6.07, 6.45) is 8.18. The smallest absolute Gasteiger partial charge is 0.243 e. The van der Waals surface area contributed by atoms with Crippen LogP contribution >= 0.6 is 0 Å². The highest BCUT2D eigenvalue weighted by Gasteiger charge is 2.79. The minimum absolute atomic E-state index is 0.0190. The molecule has 4 atom stereocenters. The van der Waals surface area contributed by atoms with E-state index in [-0.39, 0.29) is 28.7 Å². The average Bonchev–Trinajstić information content (AvgIpc) is 3.12. The molecule has 2 amide bonds. The van der Waals surface area contributed by atoms with Crippen LogP contribution in [0.3, 0.4) is 0 Å². The molecule has 1 saturated carbocycles. The van der Waals surface area contributed by atoms with Crippen LogP contribution in [0, 0.1) is 11.3 Å². The molecule has 7 nitrogen and oxygen atoms in total. The van der Waals surface area contributed by atoms with Gasteiger partial charge in [-0.1, -0.05) is 19.9 Å². The number of piperidine rings is 3. The molecular weight excluding hydrogens is 458 g/mol. The van der Waals surface area contributed by atoms with E-state index in [4.69, 9.17) is 9.47 Å². The number of benzene rings is 1. The zero-order valence-electron chi connectivity index (χ0n) is 21.4. The Hall–Kier alpha value is -2.54. The molecule has 186 valence electrons. The van der Waals surface area contributed by atoms with Gasteiger partial charge in [0, 0.05) is 13.6 Å². The zero-order chi connectivity index (χ0) is 24.6. The lowest BCUT2D eigenvalue weighted by Crippen LogP contribution is -2.80. The number of piperazine rings is 1. The summed E-state index contributed by atoms with van der Waals surface area (Å²) in [7, 11) is 1.99. The predicted molar refractivity (Wildman–Crippen MR) is 131 cm³/mol. The molecule has 2 bridgehead atoms. The molecule has 1 aliphatic carbocycles. The van der Waals surface area contributed by atoms with Gasteiger partial charge in [-0.25, -0.2) is 0 Å². The Morgan fingerprint density at radius 2 is 1.91 bits per heavy atom. The largest absolute Gasteiger partial charge is 0.480 e. The second kappa shape index (κ2) is 6.23. The lowest BCUT2D eigenvalue weighted by Gasteiger charge is -2.67. The van der Waals surface area contributed by atoms with Crippen LogP contribution in [0.2, 0.25) is 0 Å². The lowest BCUT2D eigenvalue weighted by molar-refractivity contribution is -0.196. The van der Waals surface area contributed by atoms with Gasteiger partial charge in [0.25, 0.3) is 0 Å². The van der Waals surface area contributed by atoms with Crippen LogP contribution in [-0.4, -0.2) is 58.4 Å². The first-order valence-corrected chi connectivity index (χ1v) is 13.0. The van der Waals surface area contributed by atoms with Crippen LogP contribution in [0.1, 0.15) is 65.4 Å². The molecule has 7 heteroatoms. The Kier molecular flexibility index (Phi) is 3.86. The Labute approximate surface area is 206 Å². The first kappa shape index (κ1) is 21.7. The SMILES string of the molecule is CN1[13C](=O)[13C@@]23[13CH2][13CH2][13CH2][13CH2]N2C[C@@]12C[C@]1(C(=O)Nc4c1ccc1c4O[13CH]=[13CH][13C]([13CH3])([13CH3])O1)[13C]([13CH3])([13CH3])[13C@@H]2[13CH2]3. The van der Waals surface area contributed by atoms with Crippen molar-refractivity contribution < 1.29 is 19.1 Å². The molecule has 3 spiro atoms. The fourth-order valence-electron chi connectivity index (χ4n) is 8.90.